The lowest BCUT2D eigenvalue weighted by Crippen LogP contribution is -2.62. The number of rotatable bonds is 4. The first-order chi connectivity index (χ1) is 31.2. The molecule has 6 nitrogen and oxygen atoms in total. The Hall–Kier alpha value is -6.66. The molecule has 0 bridgehead atoms. The monoisotopic (exact) mass is 838 g/mol. The molecule has 0 radical (unpaired) electrons. The van der Waals surface area contributed by atoms with Crippen LogP contribution in [-0.2, 0) is 4.79 Å². The van der Waals surface area contributed by atoms with Crippen molar-refractivity contribution >= 4 is 72.6 Å². The van der Waals surface area contributed by atoms with Gasteiger partial charge in [0.05, 0.1) is 22.4 Å². The normalized spacial score (nSPS) is 27.1. The van der Waals surface area contributed by atoms with Crippen LogP contribution in [0.5, 0.6) is 0 Å². The van der Waals surface area contributed by atoms with Gasteiger partial charge in [-0.15, -0.1) is 0 Å². The van der Waals surface area contributed by atoms with Crippen molar-refractivity contribution in [3.8, 4) is 0 Å². The fraction of sp³-hybridized carbons (Fsp3) is 0.276. The molecule has 3 aliphatic carbocycles. The minimum absolute atomic E-state index is 0.191. The average Bonchev–Trinajstić information content (AvgIpc) is 3.28. The number of carbonyl (C=O) groups excluding carboxylic acids is 1. The number of nitrogens with zero attached hydrogens (tertiary/aromatic N) is 3. The van der Waals surface area contributed by atoms with E-state index >= 15 is 0 Å². The predicted molar refractivity (Wildman–Crippen MR) is 260 cm³/mol. The first kappa shape index (κ1) is 39.0. The third-order valence-electron chi connectivity index (χ3n) is 15.2. The van der Waals surface area contributed by atoms with Crippen LogP contribution in [0, 0.1) is 23.7 Å². The van der Waals surface area contributed by atoms with Crippen LogP contribution in [-0.4, -0.2) is 17.1 Å². The van der Waals surface area contributed by atoms with E-state index in [1.54, 1.807) is 0 Å². The standard InChI is InChI=1S/C58H54N4O2/c1-36-30-37(2)33-57(32-36)59-47-24-14-22-43-45(26-28-49(51(43)47)60(57)40-16-8-5-9-17-40)53-55(63)54(56(53)64)46-27-29-50-52-44(46)23-15-25-48(52)61(41-18-10-6-11-19-41)58(34-38(3)31-39(4)35-58)62(50)42-20-12-7-13-21-42/h5-29,36-39H,30-35H2,1-4H3,(H,63,64). The molecule has 2 spiro atoms. The minimum atomic E-state index is -0.383. The second-order valence-electron chi connectivity index (χ2n) is 20.0. The summed E-state index contributed by atoms with van der Waals surface area (Å²) in [5.41, 5.74) is 7.23. The Kier molecular flexibility index (Phi) is 8.79. The van der Waals surface area contributed by atoms with Gasteiger partial charge in [-0.2, -0.15) is 4.58 Å². The highest BCUT2D eigenvalue weighted by Crippen LogP contribution is 2.58. The van der Waals surface area contributed by atoms with Crippen LogP contribution in [0.15, 0.2) is 157 Å². The lowest BCUT2D eigenvalue weighted by Gasteiger charge is -2.59. The zero-order valence-electron chi connectivity index (χ0n) is 37.1. The Morgan fingerprint density at radius 2 is 1.12 bits per heavy atom. The third kappa shape index (κ3) is 5.63. The van der Waals surface area contributed by atoms with Crippen molar-refractivity contribution in [1.29, 1.82) is 0 Å². The van der Waals surface area contributed by atoms with Crippen LogP contribution in [0.1, 0.15) is 71.8 Å². The Bertz CT molecular complexity index is 3140. The fourth-order valence-corrected chi connectivity index (χ4v) is 13.5. The van der Waals surface area contributed by atoms with Crippen LogP contribution in [0.25, 0.3) is 32.7 Å². The Balaban J connectivity index is 1.08. The molecule has 2 fully saturated rings. The van der Waals surface area contributed by atoms with Crippen molar-refractivity contribution in [2.75, 3.05) is 15.1 Å². The zero-order chi connectivity index (χ0) is 43.5. The highest BCUT2D eigenvalue weighted by Gasteiger charge is 2.53. The number of allylic oxidation sites excluding steroid dienone is 2. The highest BCUT2D eigenvalue weighted by molar-refractivity contribution is 6.52. The maximum absolute atomic E-state index is 14.9. The van der Waals surface area contributed by atoms with Crippen molar-refractivity contribution in [2.45, 2.75) is 77.5 Å². The molecule has 2 aliphatic heterocycles. The first-order valence-electron chi connectivity index (χ1n) is 23.5. The molecule has 2 saturated carbocycles. The van der Waals surface area contributed by atoms with Crippen LogP contribution in [0.2, 0.25) is 0 Å². The number of hydrogen-bond donors (Lipinski definition) is 1. The molecule has 7 aromatic rings. The van der Waals surface area contributed by atoms with Gasteiger partial charge in [0, 0.05) is 58.9 Å². The summed E-state index contributed by atoms with van der Waals surface area (Å²) in [7, 11) is 0. The molecular formula is C58H54N4O2. The second-order valence-corrected chi connectivity index (χ2v) is 20.0. The molecule has 318 valence electrons. The smallest absolute Gasteiger partial charge is 0.242 e. The van der Waals surface area contributed by atoms with Gasteiger partial charge < -0.3 is 20.2 Å². The van der Waals surface area contributed by atoms with E-state index in [4.69, 9.17) is 0 Å². The molecule has 1 N–H and O–H groups in total. The Morgan fingerprint density at radius 1 is 0.562 bits per heavy atom. The van der Waals surface area contributed by atoms with Crippen molar-refractivity contribution in [1.82, 2.24) is 4.58 Å². The zero-order valence-corrected chi connectivity index (χ0v) is 37.1. The highest BCUT2D eigenvalue weighted by atomic mass is 16.3. The van der Waals surface area contributed by atoms with Crippen molar-refractivity contribution < 1.29 is 9.90 Å². The lowest BCUT2D eigenvalue weighted by atomic mass is 9.72. The van der Waals surface area contributed by atoms with E-state index in [9.17, 15) is 9.90 Å². The van der Waals surface area contributed by atoms with E-state index in [2.05, 4.69) is 187 Å². The van der Waals surface area contributed by atoms with Gasteiger partial charge in [0.15, 0.2) is 5.78 Å². The maximum atomic E-state index is 14.9. The van der Waals surface area contributed by atoms with Gasteiger partial charge in [-0.05, 0) is 119 Å². The summed E-state index contributed by atoms with van der Waals surface area (Å²) in [5.74, 6) is 1.73. The van der Waals surface area contributed by atoms with Gasteiger partial charge in [0.1, 0.15) is 5.66 Å². The number of Topliss-reactive ketones (excluding diaryl/α,β-unsaturated/α-hetero) is 1. The van der Waals surface area contributed by atoms with E-state index in [0.717, 1.165) is 86.7 Å². The van der Waals surface area contributed by atoms with Crippen molar-refractivity contribution in [3.05, 3.63) is 174 Å². The Labute approximate surface area is 375 Å². The molecule has 64 heavy (non-hydrogen) atoms. The predicted octanol–water partition coefficient (Wildman–Crippen LogP) is 11.3. The summed E-state index contributed by atoms with van der Waals surface area (Å²) in [6.07, 6.45) is 6.38. The summed E-state index contributed by atoms with van der Waals surface area (Å²) in [6.45, 7) is 9.54. The number of benzene rings is 7. The Morgan fingerprint density at radius 3 is 1.75 bits per heavy atom. The quantitative estimate of drug-likeness (QED) is 0.179. The van der Waals surface area contributed by atoms with Crippen molar-refractivity contribution in [2.24, 2.45) is 23.7 Å². The summed E-state index contributed by atoms with van der Waals surface area (Å²) in [5, 5.41) is 24.7. The molecule has 6 heteroatoms. The van der Waals surface area contributed by atoms with Gasteiger partial charge >= 0.3 is 0 Å². The van der Waals surface area contributed by atoms with E-state index in [-0.39, 0.29) is 34.0 Å². The second kappa shape index (κ2) is 14.4. The van der Waals surface area contributed by atoms with Gasteiger partial charge in [-0.1, -0.05) is 118 Å². The van der Waals surface area contributed by atoms with Gasteiger partial charge in [-0.3, -0.25) is 4.79 Å². The molecule has 0 amide bonds. The van der Waals surface area contributed by atoms with E-state index < -0.39 is 0 Å². The number of nitrogens with one attached hydrogen (secondary N) is 1. The SMILES string of the molecule is CC1CC(C)CC2(C1)N(c1ccccc1)c1cccc3c(C4=C([O-])/C(=c5/ccc6c7c(cccc57)NC5(CC(C)CC(C)C5)[N+]=6c5ccccc5)C4=O)ccc(c13)N2c1ccccc1. The molecule has 0 saturated heterocycles. The summed E-state index contributed by atoms with van der Waals surface area (Å²) in [4.78, 5) is 20.1. The summed E-state index contributed by atoms with van der Waals surface area (Å²) in [6, 6.07) is 53.5. The van der Waals surface area contributed by atoms with Crippen molar-refractivity contribution in [3.63, 3.8) is 0 Å². The molecule has 5 aliphatic rings. The average molecular weight is 839 g/mol. The van der Waals surface area contributed by atoms with Crippen LogP contribution in [0.4, 0.5) is 34.1 Å². The minimum Gasteiger partial charge on any atom is -0.871 e. The summed E-state index contributed by atoms with van der Waals surface area (Å²) < 4.78 is 2.51. The van der Waals surface area contributed by atoms with Crippen LogP contribution >= 0.6 is 0 Å². The topological polar surface area (TPSA) is 61.6 Å². The van der Waals surface area contributed by atoms with Gasteiger partial charge in [0.25, 0.3) is 0 Å². The van der Waals surface area contributed by atoms with E-state index in [1.807, 2.05) is 12.1 Å². The molecule has 4 atom stereocenters. The molecule has 0 aromatic heterocycles. The number of para-hydroxylation sites is 3. The number of ketones is 1. The largest absolute Gasteiger partial charge is 0.871 e. The number of carbonyl (C=O) groups is 1. The molecular weight excluding hydrogens is 785 g/mol. The maximum Gasteiger partial charge on any atom is 0.242 e. The fourth-order valence-electron chi connectivity index (χ4n) is 13.5. The molecule has 2 heterocycles. The van der Waals surface area contributed by atoms with Crippen LogP contribution in [0.3, 0.4) is 0 Å². The first-order valence-corrected chi connectivity index (χ1v) is 23.5. The lowest BCUT2D eigenvalue weighted by molar-refractivity contribution is -0.292. The van der Waals surface area contributed by atoms with Gasteiger partial charge in [-0.25, -0.2) is 0 Å². The molecule has 4 unspecified atom stereocenters. The van der Waals surface area contributed by atoms with E-state index in [0.29, 0.717) is 34.5 Å². The number of anilines is 5. The molecule has 12 rings (SSSR count). The summed E-state index contributed by atoms with van der Waals surface area (Å²) >= 11 is 0. The van der Waals surface area contributed by atoms with Gasteiger partial charge in [0.2, 0.25) is 16.7 Å². The number of hydrogen-bond acceptors (Lipinski definition) is 5. The molecule has 7 aromatic carbocycles. The van der Waals surface area contributed by atoms with E-state index in [1.165, 1.54) is 12.8 Å². The van der Waals surface area contributed by atoms with Crippen LogP contribution < -0.4 is 35.4 Å². The third-order valence-corrected chi connectivity index (χ3v) is 15.2.